The van der Waals surface area contributed by atoms with Crippen molar-refractivity contribution in [1.29, 1.82) is 0 Å². The minimum Gasteiger partial charge on any atom is -0.488 e. The van der Waals surface area contributed by atoms with Gasteiger partial charge in [0.1, 0.15) is 0 Å². The van der Waals surface area contributed by atoms with Crippen molar-refractivity contribution >= 4 is 0 Å². The molecule has 0 aliphatic rings. The highest BCUT2D eigenvalue weighted by molar-refractivity contribution is 5.30. The molecular formula is C10H13F2NO. The zero-order valence-corrected chi connectivity index (χ0v) is 8.02. The van der Waals surface area contributed by atoms with Gasteiger partial charge in [0.25, 0.3) is 0 Å². The van der Waals surface area contributed by atoms with Gasteiger partial charge in [-0.25, -0.2) is 8.78 Å². The van der Waals surface area contributed by atoms with Crippen molar-refractivity contribution in [2.24, 2.45) is 5.73 Å². The van der Waals surface area contributed by atoms with Crippen LogP contribution in [-0.4, -0.2) is 13.2 Å². The minimum absolute atomic E-state index is 0.230. The van der Waals surface area contributed by atoms with E-state index in [9.17, 15) is 8.78 Å². The lowest BCUT2D eigenvalue weighted by Gasteiger charge is -2.08. The lowest BCUT2D eigenvalue weighted by atomic mass is 10.2. The molecule has 0 fully saturated rings. The molecule has 0 aromatic heterocycles. The topological polar surface area (TPSA) is 35.2 Å². The summed E-state index contributed by atoms with van der Waals surface area (Å²) in [4.78, 5) is 0. The van der Waals surface area contributed by atoms with E-state index in [0.717, 1.165) is 0 Å². The molecule has 2 N–H and O–H groups in total. The van der Waals surface area contributed by atoms with Crippen LogP contribution in [0.1, 0.15) is 12.0 Å². The van der Waals surface area contributed by atoms with Gasteiger partial charge in [-0.2, -0.15) is 0 Å². The second kappa shape index (κ2) is 4.91. The number of benzene rings is 1. The molecule has 1 rings (SSSR count). The molecule has 0 saturated carbocycles. The molecule has 14 heavy (non-hydrogen) atoms. The van der Waals surface area contributed by atoms with Gasteiger partial charge in [-0.3, -0.25) is 0 Å². The summed E-state index contributed by atoms with van der Waals surface area (Å²) < 4.78 is 31.2. The minimum atomic E-state index is -0.667. The van der Waals surface area contributed by atoms with Crippen LogP contribution in [0.15, 0.2) is 12.1 Å². The summed E-state index contributed by atoms with van der Waals surface area (Å²) in [5.74, 6) is -1.65. The van der Waals surface area contributed by atoms with Crippen molar-refractivity contribution in [2.75, 3.05) is 13.2 Å². The average Bonchev–Trinajstić information content (AvgIpc) is 2.09. The van der Waals surface area contributed by atoms with Crippen molar-refractivity contribution in [3.05, 3.63) is 29.3 Å². The highest BCUT2D eigenvalue weighted by Gasteiger charge is 2.10. The van der Waals surface area contributed by atoms with Crippen molar-refractivity contribution in [1.82, 2.24) is 0 Å². The lowest BCUT2D eigenvalue weighted by Crippen LogP contribution is -2.08. The zero-order valence-electron chi connectivity index (χ0n) is 8.02. The summed E-state index contributed by atoms with van der Waals surface area (Å²) in [6.45, 7) is 2.29. The second-order valence-electron chi connectivity index (χ2n) is 3.05. The molecule has 0 aliphatic heterocycles. The fourth-order valence-corrected chi connectivity index (χ4v) is 1.08. The van der Waals surface area contributed by atoms with Gasteiger partial charge in [0.2, 0.25) is 0 Å². The van der Waals surface area contributed by atoms with Gasteiger partial charge in [-0.05, 0) is 37.6 Å². The highest BCUT2D eigenvalue weighted by atomic mass is 19.1. The molecule has 0 radical (unpaired) electrons. The third-order valence-corrected chi connectivity index (χ3v) is 1.74. The molecule has 0 spiro atoms. The number of hydrogen-bond donors (Lipinski definition) is 1. The standard InChI is InChI=1S/C10H13F2NO/c1-7-5-8(11)10(9(12)6-7)14-4-2-3-13/h5-6H,2-4,13H2,1H3. The summed E-state index contributed by atoms with van der Waals surface area (Å²) in [6, 6.07) is 2.47. The van der Waals surface area contributed by atoms with E-state index in [1.54, 1.807) is 6.92 Å². The smallest absolute Gasteiger partial charge is 0.190 e. The first-order chi connectivity index (χ1) is 6.65. The van der Waals surface area contributed by atoms with Crippen LogP contribution in [0.25, 0.3) is 0 Å². The molecule has 1 aromatic carbocycles. The molecule has 0 saturated heterocycles. The second-order valence-corrected chi connectivity index (χ2v) is 3.05. The number of rotatable bonds is 4. The van der Waals surface area contributed by atoms with E-state index in [0.29, 0.717) is 18.5 Å². The zero-order chi connectivity index (χ0) is 10.6. The van der Waals surface area contributed by atoms with Crippen LogP contribution < -0.4 is 10.5 Å². The van der Waals surface area contributed by atoms with Crippen LogP contribution in [0.2, 0.25) is 0 Å². The first kappa shape index (κ1) is 10.9. The lowest BCUT2D eigenvalue weighted by molar-refractivity contribution is 0.281. The number of halogens is 2. The Hall–Kier alpha value is -1.16. The predicted molar refractivity (Wildman–Crippen MR) is 50.3 cm³/mol. The Kier molecular flexibility index (Phi) is 3.83. The van der Waals surface area contributed by atoms with Gasteiger partial charge in [0.15, 0.2) is 17.4 Å². The van der Waals surface area contributed by atoms with Gasteiger partial charge in [-0.15, -0.1) is 0 Å². The first-order valence-corrected chi connectivity index (χ1v) is 4.43. The summed E-state index contributed by atoms with van der Waals surface area (Å²) in [6.07, 6.45) is 0.576. The maximum atomic E-state index is 13.1. The van der Waals surface area contributed by atoms with Crippen LogP contribution in [-0.2, 0) is 0 Å². The van der Waals surface area contributed by atoms with Crippen molar-refractivity contribution in [3.63, 3.8) is 0 Å². The SMILES string of the molecule is Cc1cc(F)c(OCCCN)c(F)c1. The van der Waals surface area contributed by atoms with E-state index in [1.165, 1.54) is 12.1 Å². The van der Waals surface area contributed by atoms with E-state index < -0.39 is 11.6 Å². The van der Waals surface area contributed by atoms with E-state index >= 15 is 0 Å². The van der Waals surface area contributed by atoms with Crippen molar-refractivity contribution in [3.8, 4) is 5.75 Å². The fourth-order valence-electron chi connectivity index (χ4n) is 1.08. The summed E-state index contributed by atoms with van der Waals surface area (Å²) in [7, 11) is 0. The predicted octanol–water partition coefficient (Wildman–Crippen LogP) is 2.00. The molecule has 0 bridgehead atoms. The largest absolute Gasteiger partial charge is 0.488 e. The summed E-state index contributed by atoms with van der Waals surface area (Å²) in [5.41, 5.74) is 5.76. The van der Waals surface area contributed by atoms with Gasteiger partial charge >= 0.3 is 0 Å². The first-order valence-electron chi connectivity index (χ1n) is 4.43. The van der Waals surface area contributed by atoms with E-state index in [1.807, 2.05) is 0 Å². The van der Waals surface area contributed by atoms with Gasteiger partial charge in [-0.1, -0.05) is 0 Å². The van der Waals surface area contributed by atoms with E-state index in [4.69, 9.17) is 10.5 Å². The van der Waals surface area contributed by atoms with Crippen LogP contribution in [0.5, 0.6) is 5.75 Å². The fraction of sp³-hybridized carbons (Fsp3) is 0.400. The molecule has 0 atom stereocenters. The Balaban J connectivity index is 2.75. The quantitative estimate of drug-likeness (QED) is 0.756. The molecule has 0 amide bonds. The normalized spacial score (nSPS) is 10.3. The molecule has 0 aliphatic carbocycles. The summed E-state index contributed by atoms with van der Waals surface area (Å²) >= 11 is 0. The highest BCUT2D eigenvalue weighted by Crippen LogP contribution is 2.22. The number of ether oxygens (including phenoxy) is 1. The van der Waals surface area contributed by atoms with Crippen LogP contribution in [0.3, 0.4) is 0 Å². The Bertz CT molecular complexity index is 292. The maximum absolute atomic E-state index is 13.1. The van der Waals surface area contributed by atoms with Crippen molar-refractivity contribution < 1.29 is 13.5 Å². The number of nitrogens with two attached hydrogens (primary N) is 1. The van der Waals surface area contributed by atoms with Gasteiger partial charge < -0.3 is 10.5 Å². The number of hydrogen-bond acceptors (Lipinski definition) is 2. The molecular weight excluding hydrogens is 188 g/mol. The third-order valence-electron chi connectivity index (χ3n) is 1.74. The van der Waals surface area contributed by atoms with Crippen LogP contribution >= 0.6 is 0 Å². The van der Waals surface area contributed by atoms with Crippen LogP contribution in [0.4, 0.5) is 8.78 Å². The Labute approximate surface area is 81.7 Å². The van der Waals surface area contributed by atoms with E-state index in [-0.39, 0.29) is 12.4 Å². The Morgan fingerprint density at radius 3 is 2.36 bits per heavy atom. The van der Waals surface area contributed by atoms with E-state index in [2.05, 4.69) is 0 Å². The van der Waals surface area contributed by atoms with Crippen molar-refractivity contribution in [2.45, 2.75) is 13.3 Å². The Morgan fingerprint density at radius 1 is 1.29 bits per heavy atom. The monoisotopic (exact) mass is 201 g/mol. The van der Waals surface area contributed by atoms with Gasteiger partial charge in [0.05, 0.1) is 6.61 Å². The summed E-state index contributed by atoms with van der Waals surface area (Å²) in [5, 5.41) is 0. The maximum Gasteiger partial charge on any atom is 0.190 e. The molecule has 4 heteroatoms. The molecule has 0 unspecified atom stereocenters. The van der Waals surface area contributed by atoms with Gasteiger partial charge in [0, 0.05) is 0 Å². The Morgan fingerprint density at radius 2 is 1.86 bits per heavy atom. The molecule has 1 aromatic rings. The van der Waals surface area contributed by atoms with Crippen LogP contribution in [0, 0.1) is 18.6 Å². The molecule has 78 valence electrons. The molecule has 0 heterocycles. The third kappa shape index (κ3) is 2.67. The molecule has 2 nitrogen and oxygen atoms in total. The number of aryl methyl sites for hydroxylation is 1. The average molecular weight is 201 g/mol.